The van der Waals surface area contributed by atoms with E-state index in [1.54, 1.807) is 0 Å². The van der Waals surface area contributed by atoms with E-state index < -0.39 is 32.2 Å². The van der Waals surface area contributed by atoms with Crippen molar-refractivity contribution in [1.29, 1.82) is 0 Å². The molecular formula is C12H16F2N2O3S. The van der Waals surface area contributed by atoms with Gasteiger partial charge in [-0.1, -0.05) is 6.42 Å². The Labute approximate surface area is 116 Å². The Morgan fingerprint density at radius 3 is 2.50 bits per heavy atom. The van der Waals surface area contributed by atoms with Gasteiger partial charge in [0.05, 0.1) is 6.61 Å². The number of aliphatic hydroxyl groups excluding tert-OH is 1. The third kappa shape index (κ3) is 2.50. The predicted octanol–water partition coefficient (Wildman–Crippen LogP) is 1.08. The molecule has 0 aliphatic heterocycles. The van der Waals surface area contributed by atoms with Gasteiger partial charge in [-0.25, -0.2) is 17.2 Å². The summed E-state index contributed by atoms with van der Waals surface area (Å²) in [6.45, 7) is -0.488. The minimum Gasteiger partial charge on any atom is -0.395 e. The van der Waals surface area contributed by atoms with E-state index in [-0.39, 0.29) is 19.2 Å². The lowest BCUT2D eigenvalue weighted by Gasteiger charge is -2.36. The molecule has 8 heteroatoms. The summed E-state index contributed by atoms with van der Waals surface area (Å²) in [7, 11) is -4.14. The summed E-state index contributed by atoms with van der Waals surface area (Å²) in [5.41, 5.74) is 4.38. The van der Waals surface area contributed by atoms with Crippen molar-refractivity contribution in [2.24, 2.45) is 0 Å². The van der Waals surface area contributed by atoms with Crippen molar-refractivity contribution in [3.63, 3.8) is 0 Å². The summed E-state index contributed by atoms with van der Waals surface area (Å²) in [4.78, 5) is -0.656. The minimum atomic E-state index is -4.14. The van der Waals surface area contributed by atoms with Crippen molar-refractivity contribution >= 4 is 15.7 Å². The molecular weight excluding hydrogens is 290 g/mol. The van der Waals surface area contributed by atoms with E-state index >= 15 is 0 Å². The molecule has 1 aromatic rings. The first-order valence-electron chi connectivity index (χ1n) is 6.25. The van der Waals surface area contributed by atoms with E-state index in [1.165, 1.54) is 0 Å². The minimum absolute atomic E-state index is 0.121. The Morgan fingerprint density at radius 1 is 1.35 bits per heavy atom. The van der Waals surface area contributed by atoms with E-state index in [9.17, 15) is 17.2 Å². The van der Waals surface area contributed by atoms with Gasteiger partial charge in [0.15, 0.2) is 5.82 Å². The molecule has 0 unspecified atom stereocenters. The van der Waals surface area contributed by atoms with E-state index in [1.807, 2.05) is 0 Å². The van der Waals surface area contributed by atoms with Crippen LogP contribution in [0.4, 0.5) is 14.5 Å². The Kier molecular flexibility index (Phi) is 4.26. The molecule has 0 saturated heterocycles. The number of halogens is 2. The normalized spacial score (nSPS) is 16.4. The number of rotatable bonds is 5. The second kappa shape index (κ2) is 5.63. The summed E-state index contributed by atoms with van der Waals surface area (Å²) < 4.78 is 53.0. The van der Waals surface area contributed by atoms with Crippen molar-refractivity contribution < 1.29 is 22.3 Å². The molecule has 2 rings (SSSR count). The largest absolute Gasteiger partial charge is 0.395 e. The molecule has 0 heterocycles. The van der Waals surface area contributed by atoms with Crippen LogP contribution in [-0.2, 0) is 10.0 Å². The Bertz CT molecular complexity index is 603. The summed E-state index contributed by atoms with van der Waals surface area (Å²) >= 11 is 0. The van der Waals surface area contributed by atoms with E-state index in [2.05, 4.69) is 0 Å². The van der Waals surface area contributed by atoms with Crippen molar-refractivity contribution in [3.05, 3.63) is 23.8 Å². The average molecular weight is 306 g/mol. The topological polar surface area (TPSA) is 83.6 Å². The fourth-order valence-corrected chi connectivity index (χ4v) is 3.90. The molecule has 0 atom stereocenters. The number of nitrogens with zero attached hydrogens (tertiary/aromatic N) is 1. The third-order valence-corrected chi connectivity index (χ3v) is 5.45. The molecule has 1 saturated carbocycles. The number of hydrogen-bond acceptors (Lipinski definition) is 4. The highest BCUT2D eigenvalue weighted by Gasteiger charge is 2.36. The molecule has 0 amide bonds. The van der Waals surface area contributed by atoms with Crippen LogP contribution in [0.5, 0.6) is 0 Å². The first kappa shape index (κ1) is 15.1. The van der Waals surface area contributed by atoms with Crippen LogP contribution < -0.4 is 5.73 Å². The second-order valence-electron chi connectivity index (χ2n) is 4.70. The van der Waals surface area contributed by atoms with Gasteiger partial charge in [-0.15, -0.1) is 0 Å². The summed E-state index contributed by atoms with van der Waals surface area (Å²) in [6, 6.07) is 1.43. The summed E-state index contributed by atoms with van der Waals surface area (Å²) in [5, 5.41) is 9.00. The maximum Gasteiger partial charge on any atom is 0.246 e. The van der Waals surface area contributed by atoms with Gasteiger partial charge >= 0.3 is 0 Å². The van der Waals surface area contributed by atoms with Gasteiger partial charge in [0, 0.05) is 12.6 Å². The van der Waals surface area contributed by atoms with Crippen LogP contribution in [0, 0.1) is 11.6 Å². The first-order chi connectivity index (χ1) is 9.39. The van der Waals surface area contributed by atoms with Gasteiger partial charge in [0.25, 0.3) is 0 Å². The molecule has 0 bridgehead atoms. The molecule has 1 aliphatic rings. The Morgan fingerprint density at radius 2 is 2.00 bits per heavy atom. The number of aliphatic hydroxyl groups is 1. The lowest BCUT2D eigenvalue weighted by atomic mass is 9.93. The molecule has 1 fully saturated rings. The summed E-state index contributed by atoms with van der Waals surface area (Å²) in [5.74, 6) is -2.29. The van der Waals surface area contributed by atoms with Gasteiger partial charge in [0.2, 0.25) is 10.0 Å². The van der Waals surface area contributed by atoms with Crippen LogP contribution in [0.25, 0.3) is 0 Å². The second-order valence-corrected chi connectivity index (χ2v) is 6.56. The third-order valence-electron chi connectivity index (χ3n) is 3.48. The fraction of sp³-hybridized carbons (Fsp3) is 0.500. The number of hydrogen-bond donors (Lipinski definition) is 2. The van der Waals surface area contributed by atoms with Crippen molar-refractivity contribution in [3.8, 4) is 0 Å². The van der Waals surface area contributed by atoms with Crippen LogP contribution >= 0.6 is 0 Å². The highest BCUT2D eigenvalue weighted by molar-refractivity contribution is 7.89. The van der Waals surface area contributed by atoms with E-state index in [0.29, 0.717) is 12.8 Å². The van der Waals surface area contributed by atoms with Crippen LogP contribution in [0.3, 0.4) is 0 Å². The van der Waals surface area contributed by atoms with Crippen molar-refractivity contribution in [1.82, 2.24) is 4.31 Å². The number of sulfonamides is 1. The predicted molar refractivity (Wildman–Crippen MR) is 69.4 cm³/mol. The zero-order valence-corrected chi connectivity index (χ0v) is 11.5. The van der Waals surface area contributed by atoms with Gasteiger partial charge in [0.1, 0.15) is 16.4 Å². The zero-order valence-electron chi connectivity index (χ0n) is 10.7. The van der Waals surface area contributed by atoms with Crippen LogP contribution in [0.2, 0.25) is 0 Å². The lowest BCUT2D eigenvalue weighted by molar-refractivity contribution is 0.178. The molecule has 3 N–H and O–H groups in total. The molecule has 1 aromatic carbocycles. The van der Waals surface area contributed by atoms with Crippen LogP contribution in [0.1, 0.15) is 19.3 Å². The molecule has 1 aliphatic carbocycles. The SMILES string of the molecule is Nc1c(F)ccc(S(=O)(=O)N(CCO)C2CCC2)c1F. The molecule has 112 valence electrons. The fourth-order valence-electron chi connectivity index (χ4n) is 2.15. The maximum atomic E-state index is 13.9. The molecule has 0 radical (unpaired) electrons. The Balaban J connectivity index is 2.45. The van der Waals surface area contributed by atoms with Crippen LogP contribution in [-0.4, -0.2) is 37.0 Å². The number of nitrogens with two attached hydrogens (primary N) is 1. The monoisotopic (exact) mass is 306 g/mol. The van der Waals surface area contributed by atoms with Crippen LogP contribution in [0.15, 0.2) is 17.0 Å². The Hall–Kier alpha value is -1.25. The number of anilines is 1. The lowest BCUT2D eigenvalue weighted by Crippen LogP contribution is -2.45. The average Bonchev–Trinajstić information content (AvgIpc) is 2.33. The molecule has 20 heavy (non-hydrogen) atoms. The van der Waals surface area contributed by atoms with Gasteiger partial charge in [-0.3, -0.25) is 0 Å². The standard InChI is InChI=1S/C12H16F2N2O3S/c13-9-4-5-10(11(14)12(9)15)20(18,19)16(6-7-17)8-2-1-3-8/h4-5,8,17H,1-3,6-7,15H2. The summed E-state index contributed by atoms with van der Waals surface area (Å²) in [6.07, 6.45) is 2.21. The van der Waals surface area contributed by atoms with E-state index in [4.69, 9.17) is 10.8 Å². The van der Waals surface area contributed by atoms with Gasteiger partial charge in [-0.2, -0.15) is 4.31 Å². The van der Waals surface area contributed by atoms with Crippen molar-refractivity contribution in [2.45, 2.75) is 30.2 Å². The zero-order chi connectivity index (χ0) is 14.9. The van der Waals surface area contributed by atoms with E-state index in [0.717, 1.165) is 22.9 Å². The highest BCUT2D eigenvalue weighted by atomic mass is 32.2. The first-order valence-corrected chi connectivity index (χ1v) is 7.69. The maximum absolute atomic E-state index is 13.9. The highest BCUT2D eigenvalue weighted by Crippen LogP contribution is 2.32. The number of benzene rings is 1. The molecule has 5 nitrogen and oxygen atoms in total. The van der Waals surface area contributed by atoms with Gasteiger partial charge in [-0.05, 0) is 25.0 Å². The quantitative estimate of drug-likeness (QED) is 0.797. The van der Waals surface area contributed by atoms with Gasteiger partial charge < -0.3 is 10.8 Å². The smallest absolute Gasteiger partial charge is 0.246 e. The molecule has 0 spiro atoms. The van der Waals surface area contributed by atoms with Crippen molar-refractivity contribution in [2.75, 3.05) is 18.9 Å². The molecule has 0 aromatic heterocycles. The number of nitrogen functional groups attached to an aromatic ring is 1.